The molecule has 3 aliphatic rings. The number of amides is 1. The minimum absolute atomic E-state index is 0.0301. The highest BCUT2D eigenvalue weighted by atomic mass is 35.5. The van der Waals surface area contributed by atoms with E-state index in [0.717, 1.165) is 36.5 Å². The minimum atomic E-state index is -0.939. The van der Waals surface area contributed by atoms with Crippen LogP contribution in [0.15, 0.2) is 41.8 Å². The quantitative estimate of drug-likeness (QED) is 0.176. The van der Waals surface area contributed by atoms with E-state index in [2.05, 4.69) is 25.1 Å². The Morgan fingerprint density at radius 3 is 2.94 bits per heavy atom. The summed E-state index contributed by atoms with van der Waals surface area (Å²) in [6, 6.07) is 4.98. The number of thiazole rings is 1. The molecule has 3 aliphatic heterocycles. The Morgan fingerprint density at radius 2 is 2.12 bits per heavy atom. The fraction of sp³-hybridized carbons (Fsp3) is 0.400. The van der Waals surface area contributed by atoms with Gasteiger partial charge in [-0.1, -0.05) is 17.7 Å². The molecule has 0 spiro atoms. The summed E-state index contributed by atoms with van der Waals surface area (Å²) in [5.41, 5.74) is 1.77. The highest BCUT2D eigenvalue weighted by molar-refractivity contribution is 7.10. The van der Waals surface area contributed by atoms with Gasteiger partial charge >= 0.3 is 6.01 Å². The Labute approximate surface area is 294 Å². The average molecular weight is 723 g/mol. The summed E-state index contributed by atoms with van der Waals surface area (Å²) >= 11 is 8.04. The molecule has 0 radical (unpaired) electrons. The number of likely N-dealkylation sites (tertiary alicyclic amines) is 1. The van der Waals surface area contributed by atoms with E-state index >= 15 is 4.39 Å². The Morgan fingerprint density at radius 1 is 1.26 bits per heavy atom. The van der Waals surface area contributed by atoms with Crippen LogP contribution in [-0.4, -0.2) is 98.4 Å². The lowest BCUT2D eigenvalue weighted by atomic mass is 9.95. The third kappa shape index (κ3) is 5.66. The van der Waals surface area contributed by atoms with Crippen molar-refractivity contribution in [2.45, 2.75) is 50.4 Å². The molecule has 3 saturated heterocycles. The molecular weight excluding hydrogens is 689 g/mol. The molecule has 0 unspecified atom stereocenters. The van der Waals surface area contributed by atoms with E-state index in [-0.39, 0.29) is 36.3 Å². The van der Waals surface area contributed by atoms with E-state index in [1.807, 2.05) is 24.9 Å². The van der Waals surface area contributed by atoms with Crippen LogP contribution in [0.2, 0.25) is 5.02 Å². The highest BCUT2D eigenvalue weighted by Gasteiger charge is 2.49. The molecule has 1 N–H and O–H groups in total. The number of benzene rings is 2. The zero-order chi connectivity index (χ0) is 34.7. The number of fused-ring (bicyclic) bond motifs is 3. The van der Waals surface area contributed by atoms with Crippen molar-refractivity contribution in [3.63, 3.8) is 0 Å². The number of ether oxygens (including phenoxy) is 1. The fourth-order valence-corrected chi connectivity index (χ4v) is 8.62. The maximum absolute atomic E-state index is 16.9. The zero-order valence-electron chi connectivity index (χ0n) is 27.4. The number of aryl methyl sites for hydroxylation is 1. The Kier molecular flexibility index (Phi) is 8.43. The number of alkyl halides is 1. The number of likely N-dealkylation sites (N-methyl/N-ethyl adjacent to an activating group) is 1. The second-order valence-corrected chi connectivity index (χ2v) is 14.7. The van der Waals surface area contributed by atoms with Crippen molar-refractivity contribution in [2.24, 2.45) is 0 Å². The van der Waals surface area contributed by atoms with Crippen LogP contribution in [0.1, 0.15) is 36.3 Å². The molecule has 2 aromatic carbocycles. The molecular formula is C35H34ClF3N8O2S. The molecule has 1 amide bonds. The largest absolute Gasteiger partial charge is 0.461 e. The van der Waals surface area contributed by atoms with Gasteiger partial charge in [0.05, 0.1) is 22.3 Å². The number of halogens is 4. The summed E-state index contributed by atoms with van der Waals surface area (Å²) in [6.45, 7) is 3.73. The first-order valence-corrected chi connectivity index (χ1v) is 17.8. The van der Waals surface area contributed by atoms with Gasteiger partial charge in [-0.3, -0.25) is 14.8 Å². The molecule has 5 aromatic rings. The van der Waals surface area contributed by atoms with Crippen molar-refractivity contribution in [1.82, 2.24) is 34.9 Å². The van der Waals surface area contributed by atoms with Crippen molar-refractivity contribution in [2.75, 3.05) is 44.7 Å². The fourth-order valence-electron chi connectivity index (χ4n) is 7.81. The van der Waals surface area contributed by atoms with E-state index in [9.17, 15) is 13.6 Å². The number of nitrogens with zero attached hydrogens (tertiary/aromatic N) is 7. The molecule has 0 saturated carbocycles. The Bertz CT molecular complexity index is 2150. The number of nitrogens with one attached hydrogen (secondary N) is 1. The maximum Gasteiger partial charge on any atom is 0.319 e. The molecule has 8 rings (SSSR count). The lowest BCUT2D eigenvalue weighted by Gasteiger charge is -2.31. The second-order valence-electron chi connectivity index (χ2n) is 13.4. The number of carbonyl (C=O) groups excluding carboxylic acids is 1. The van der Waals surface area contributed by atoms with Gasteiger partial charge in [0, 0.05) is 78.7 Å². The van der Waals surface area contributed by atoms with Gasteiger partial charge in [-0.25, -0.2) is 18.2 Å². The molecule has 6 heterocycles. The van der Waals surface area contributed by atoms with Crippen LogP contribution in [0.3, 0.4) is 0 Å². The number of H-pyrrole nitrogens is 1. The summed E-state index contributed by atoms with van der Waals surface area (Å²) in [6.07, 6.45) is 5.99. The predicted molar refractivity (Wildman–Crippen MR) is 187 cm³/mol. The number of carbonyl (C=O) groups is 1. The van der Waals surface area contributed by atoms with Crippen LogP contribution in [0.5, 0.6) is 6.01 Å². The Balaban J connectivity index is 1.17. The standard InChI is InChI=1S/C35H34ClF3N8O2S/c1-19-12-26-24(15-41-44-26)28(29(19)36)22-4-5-23-31(30(22)39)42-34(49-18-35-7-3-9-47(35)16-20(37)14-35)43-32(23)45(2)21-6-10-46(17-21)33(48)25(38)13-27-40-8-11-50-27/h4-5,8,11-13,15,20-21H,3,6-7,9-10,14,16-18H2,1-2H3,(H,41,44)/b25-13-/t20-,21-,35+/m1/s1. The topological polar surface area (TPSA) is 103 Å². The normalized spacial score (nSPS) is 22.6. The third-order valence-corrected chi connectivity index (χ3v) is 11.6. The number of rotatable bonds is 8. The number of aromatic nitrogens is 5. The third-order valence-electron chi connectivity index (χ3n) is 10.4. The molecule has 0 aliphatic carbocycles. The summed E-state index contributed by atoms with van der Waals surface area (Å²) < 4.78 is 52.6. The van der Waals surface area contributed by atoms with Crippen molar-refractivity contribution in [3.8, 4) is 17.1 Å². The number of anilines is 1. The van der Waals surface area contributed by atoms with Crippen LogP contribution in [0.4, 0.5) is 19.0 Å². The van der Waals surface area contributed by atoms with E-state index in [1.165, 1.54) is 16.2 Å². The van der Waals surface area contributed by atoms with Crippen LogP contribution in [0, 0.1) is 12.7 Å². The molecule has 3 atom stereocenters. The Hall–Kier alpha value is -4.27. The first-order valence-electron chi connectivity index (χ1n) is 16.6. The summed E-state index contributed by atoms with van der Waals surface area (Å²) in [5.74, 6) is -1.81. The molecule has 50 heavy (non-hydrogen) atoms. The van der Waals surface area contributed by atoms with Gasteiger partial charge in [0.1, 0.15) is 29.1 Å². The molecule has 3 aromatic heterocycles. The summed E-state index contributed by atoms with van der Waals surface area (Å²) in [5, 5.41) is 10.7. The van der Waals surface area contributed by atoms with Crippen molar-refractivity contribution >= 4 is 62.5 Å². The number of hydrogen-bond donors (Lipinski definition) is 1. The van der Waals surface area contributed by atoms with Gasteiger partial charge in [0.25, 0.3) is 5.91 Å². The van der Waals surface area contributed by atoms with Gasteiger partial charge < -0.3 is 14.5 Å². The molecule has 10 nitrogen and oxygen atoms in total. The first-order chi connectivity index (χ1) is 24.1. The molecule has 260 valence electrons. The first kappa shape index (κ1) is 32.9. The minimum Gasteiger partial charge on any atom is -0.461 e. The average Bonchev–Trinajstić information content (AvgIpc) is 3.94. The van der Waals surface area contributed by atoms with E-state index in [0.29, 0.717) is 58.1 Å². The molecule has 3 fully saturated rings. The summed E-state index contributed by atoms with van der Waals surface area (Å²) in [7, 11) is 1.81. The molecule has 15 heteroatoms. The van der Waals surface area contributed by atoms with Gasteiger partial charge in [-0.05, 0) is 50.4 Å². The van der Waals surface area contributed by atoms with Gasteiger partial charge in [-0.15, -0.1) is 11.3 Å². The van der Waals surface area contributed by atoms with E-state index in [4.69, 9.17) is 21.3 Å². The van der Waals surface area contributed by atoms with E-state index < -0.39 is 29.3 Å². The van der Waals surface area contributed by atoms with Crippen LogP contribution in [-0.2, 0) is 4.79 Å². The summed E-state index contributed by atoms with van der Waals surface area (Å²) in [4.78, 5) is 31.9. The van der Waals surface area contributed by atoms with Crippen LogP contribution in [0.25, 0.3) is 39.0 Å². The number of aromatic amines is 1. The highest BCUT2D eigenvalue weighted by Crippen LogP contribution is 2.43. The smallest absolute Gasteiger partial charge is 0.319 e. The predicted octanol–water partition coefficient (Wildman–Crippen LogP) is 6.73. The maximum atomic E-state index is 16.9. The number of hydrogen-bond acceptors (Lipinski definition) is 9. The van der Waals surface area contributed by atoms with Crippen molar-refractivity contribution < 1.29 is 22.7 Å². The SMILES string of the molecule is Cc1cc2[nH]ncc2c(-c2ccc3c(N(C)[C@@H]4CCN(C(=O)/C(F)=C/c5nccs5)C4)nc(OC[C@@]45CCCN4C[C@H](F)C5)nc3c2F)c1Cl. The van der Waals surface area contributed by atoms with Crippen molar-refractivity contribution in [3.05, 3.63) is 63.2 Å². The van der Waals surface area contributed by atoms with Gasteiger partial charge in [0.2, 0.25) is 0 Å². The van der Waals surface area contributed by atoms with Crippen LogP contribution < -0.4 is 9.64 Å². The van der Waals surface area contributed by atoms with Crippen LogP contribution >= 0.6 is 22.9 Å². The van der Waals surface area contributed by atoms with Gasteiger partial charge in [0.15, 0.2) is 11.6 Å². The van der Waals surface area contributed by atoms with Gasteiger partial charge in [-0.2, -0.15) is 15.1 Å². The lowest BCUT2D eigenvalue weighted by Crippen LogP contribution is -2.43. The lowest BCUT2D eigenvalue weighted by molar-refractivity contribution is -0.127. The van der Waals surface area contributed by atoms with E-state index in [1.54, 1.807) is 29.9 Å². The molecule has 0 bridgehead atoms. The monoisotopic (exact) mass is 722 g/mol. The zero-order valence-corrected chi connectivity index (χ0v) is 29.0. The van der Waals surface area contributed by atoms with Crippen molar-refractivity contribution in [1.29, 1.82) is 0 Å². The second kappa shape index (κ2) is 12.8.